The average Bonchev–Trinajstić information content (AvgIpc) is 2.93. The Labute approximate surface area is 123 Å². The van der Waals surface area contributed by atoms with Gasteiger partial charge in [0, 0.05) is 16.8 Å². The van der Waals surface area contributed by atoms with Crippen molar-refractivity contribution in [3.63, 3.8) is 0 Å². The lowest BCUT2D eigenvalue weighted by atomic mass is 10.1. The maximum absolute atomic E-state index is 5.90. The SMILES string of the molecule is CCc1cccc(NC(N)=NCc2ncc(CC)s2)c1. The minimum Gasteiger partial charge on any atom is -0.370 e. The van der Waals surface area contributed by atoms with Gasteiger partial charge in [0.2, 0.25) is 0 Å². The summed E-state index contributed by atoms with van der Waals surface area (Å²) in [5, 5.41) is 4.11. The Morgan fingerprint density at radius 1 is 1.35 bits per heavy atom. The topological polar surface area (TPSA) is 63.3 Å². The van der Waals surface area contributed by atoms with E-state index in [0.717, 1.165) is 23.5 Å². The van der Waals surface area contributed by atoms with E-state index in [4.69, 9.17) is 5.73 Å². The maximum Gasteiger partial charge on any atom is 0.193 e. The van der Waals surface area contributed by atoms with Crippen LogP contribution in [0.4, 0.5) is 5.69 Å². The molecule has 0 saturated heterocycles. The van der Waals surface area contributed by atoms with Gasteiger partial charge in [-0.25, -0.2) is 9.98 Å². The van der Waals surface area contributed by atoms with Crippen LogP contribution in [0.15, 0.2) is 35.5 Å². The Morgan fingerprint density at radius 3 is 2.90 bits per heavy atom. The lowest BCUT2D eigenvalue weighted by Crippen LogP contribution is -2.22. The van der Waals surface area contributed by atoms with Gasteiger partial charge in [-0.2, -0.15) is 0 Å². The van der Waals surface area contributed by atoms with Gasteiger partial charge in [0.1, 0.15) is 5.01 Å². The van der Waals surface area contributed by atoms with Crippen molar-refractivity contribution < 1.29 is 0 Å². The predicted molar refractivity (Wildman–Crippen MR) is 86.3 cm³/mol. The molecule has 2 rings (SSSR count). The van der Waals surface area contributed by atoms with E-state index in [1.54, 1.807) is 11.3 Å². The van der Waals surface area contributed by atoms with Gasteiger partial charge in [-0.3, -0.25) is 0 Å². The molecule has 1 aromatic heterocycles. The largest absolute Gasteiger partial charge is 0.370 e. The number of hydrogen-bond donors (Lipinski definition) is 2. The fraction of sp³-hybridized carbons (Fsp3) is 0.333. The molecule has 0 fully saturated rings. The molecule has 0 aliphatic rings. The lowest BCUT2D eigenvalue weighted by Gasteiger charge is -2.06. The van der Waals surface area contributed by atoms with Crippen LogP contribution in [0.25, 0.3) is 0 Å². The second-order valence-corrected chi connectivity index (χ2v) is 5.65. The van der Waals surface area contributed by atoms with E-state index in [9.17, 15) is 0 Å². The van der Waals surface area contributed by atoms with Crippen LogP contribution < -0.4 is 11.1 Å². The van der Waals surface area contributed by atoms with Gasteiger partial charge >= 0.3 is 0 Å². The van der Waals surface area contributed by atoms with Crippen LogP contribution in [0.3, 0.4) is 0 Å². The smallest absolute Gasteiger partial charge is 0.193 e. The minimum atomic E-state index is 0.423. The zero-order chi connectivity index (χ0) is 14.4. The van der Waals surface area contributed by atoms with Gasteiger partial charge in [-0.1, -0.05) is 26.0 Å². The zero-order valence-corrected chi connectivity index (χ0v) is 12.7. The molecule has 0 saturated carbocycles. The number of benzene rings is 1. The first-order valence-corrected chi connectivity index (χ1v) is 7.62. The highest BCUT2D eigenvalue weighted by Crippen LogP contribution is 2.14. The second kappa shape index (κ2) is 7.05. The molecular weight excluding hydrogens is 268 g/mol. The van der Waals surface area contributed by atoms with Gasteiger partial charge in [0.15, 0.2) is 5.96 Å². The number of rotatable bonds is 5. The third kappa shape index (κ3) is 4.06. The highest BCUT2D eigenvalue weighted by atomic mass is 32.1. The highest BCUT2D eigenvalue weighted by molar-refractivity contribution is 7.11. The van der Waals surface area contributed by atoms with Crippen LogP contribution in [-0.2, 0) is 19.4 Å². The van der Waals surface area contributed by atoms with E-state index in [2.05, 4.69) is 41.3 Å². The molecule has 106 valence electrons. The molecule has 5 heteroatoms. The number of aryl methyl sites for hydroxylation is 2. The fourth-order valence-corrected chi connectivity index (χ4v) is 2.58. The summed E-state index contributed by atoms with van der Waals surface area (Å²) in [5.74, 6) is 0.423. The fourth-order valence-electron chi connectivity index (χ4n) is 1.79. The molecule has 0 bridgehead atoms. The maximum atomic E-state index is 5.90. The van der Waals surface area contributed by atoms with Crippen molar-refractivity contribution in [2.24, 2.45) is 10.7 Å². The monoisotopic (exact) mass is 288 g/mol. The lowest BCUT2D eigenvalue weighted by molar-refractivity contribution is 1.03. The van der Waals surface area contributed by atoms with Gasteiger partial charge < -0.3 is 11.1 Å². The van der Waals surface area contributed by atoms with Crippen molar-refractivity contribution >= 4 is 23.0 Å². The third-order valence-corrected chi connectivity index (χ3v) is 4.07. The zero-order valence-electron chi connectivity index (χ0n) is 11.9. The number of nitrogens with zero attached hydrogens (tertiary/aromatic N) is 2. The molecule has 0 unspecified atom stereocenters. The van der Waals surface area contributed by atoms with E-state index in [0.29, 0.717) is 12.5 Å². The summed E-state index contributed by atoms with van der Waals surface area (Å²) in [6.07, 6.45) is 3.92. The summed E-state index contributed by atoms with van der Waals surface area (Å²) in [6.45, 7) is 4.78. The van der Waals surface area contributed by atoms with Crippen molar-refractivity contribution in [3.05, 3.63) is 45.9 Å². The van der Waals surface area contributed by atoms with Crippen LogP contribution in [0.5, 0.6) is 0 Å². The molecule has 3 N–H and O–H groups in total. The van der Waals surface area contributed by atoms with E-state index in [1.165, 1.54) is 10.4 Å². The summed E-state index contributed by atoms with van der Waals surface area (Å²) in [7, 11) is 0. The van der Waals surface area contributed by atoms with Crippen LogP contribution in [0.2, 0.25) is 0 Å². The second-order valence-electron chi connectivity index (χ2n) is 4.45. The average molecular weight is 288 g/mol. The molecule has 20 heavy (non-hydrogen) atoms. The number of aromatic nitrogens is 1. The number of nitrogens with two attached hydrogens (primary N) is 1. The predicted octanol–water partition coefficient (Wildman–Crippen LogP) is 3.19. The van der Waals surface area contributed by atoms with Crippen molar-refractivity contribution in [3.8, 4) is 0 Å². The first-order valence-electron chi connectivity index (χ1n) is 6.80. The summed E-state index contributed by atoms with van der Waals surface area (Å²) >= 11 is 1.69. The van der Waals surface area contributed by atoms with Gasteiger partial charge in [-0.05, 0) is 30.5 Å². The van der Waals surface area contributed by atoms with Crippen molar-refractivity contribution in [2.45, 2.75) is 33.2 Å². The summed E-state index contributed by atoms with van der Waals surface area (Å²) in [6, 6.07) is 8.18. The van der Waals surface area contributed by atoms with Gasteiger partial charge in [-0.15, -0.1) is 11.3 Å². The molecule has 1 aromatic carbocycles. The minimum absolute atomic E-state index is 0.423. The number of nitrogens with one attached hydrogen (secondary N) is 1. The Morgan fingerprint density at radius 2 is 2.20 bits per heavy atom. The Bertz CT molecular complexity index is 589. The standard InChI is InChI=1S/C15H20N4S/c1-3-11-6-5-7-12(8-11)19-15(16)18-10-14-17-9-13(4-2)20-14/h5-9H,3-4,10H2,1-2H3,(H3,16,18,19). The Hall–Kier alpha value is -1.88. The molecule has 2 aromatic rings. The molecule has 0 radical (unpaired) electrons. The number of thiazole rings is 1. The summed E-state index contributed by atoms with van der Waals surface area (Å²) in [4.78, 5) is 9.92. The highest BCUT2D eigenvalue weighted by Gasteiger charge is 2.00. The van der Waals surface area contributed by atoms with E-state index in [-0.39, 0.29) is 0 Å². The Kier molecular flexibility index (Phi) is 5.12. The summed E-state index contributed by atoms with van der Waals surface area (Å²) in [5.41, 5.74) is 8.14. The first kappa shape index (κ1) is 14.5. The number of hydrogen-bond acceptors (Lipinski definition) is 3. The molecule has 0 spiro atoms. The van der Waals surface area contributed by atoms with Crippen molar-refractivity contribution in [1.82, 2.24) is 4.98 Å². The summed E-state index contributed by atoms with van der Waals surface area (Å²) < 4.78 is 0. The number of anilines is 1. The van der Waals surface area contributed by atoms with Crippen molar-refractivity contribution in [1.29, 1.82) is 0 Å². The van der Waals surface area contributed by atoms with Gasteiger partial charge in [0.05, 0.1) is 6.54 Å². The molecule has 0 atom stereocenters. The molecule has 4 nitrogen and oxygen atoms in total. The number of aliphatic imine (C=N–C) groups is 1. The molecule has 0 aliphatic heterocycles. The third-order valence-electron chi connectivity index (χ3n) is 2.94. The molecule has 1 heterocycles. The molecule has 0 amide bonds. The first-order chi connectivity index (χ1) is 9.71. The van der Waals surface area contributed by atoms with E-state index >= 15 is 0 Å². The molecular formula is C15H20N4S. The normalized spacial score (nSPS) is 11.6. The quantitative estimate of drug-likeness (QED) is 0.656. The van der Waals surface area contributed by atoms with Crippen LogP contribution in [0, 0.1) is 0 Å². The molecule has 0 aliphatic carbocycles. The van der Waals surface area contributed by atoms with Crippen molar-refractivity contribution in [2.75, 3.05) is 5.32 Å². The van der Waals surface area contributed by atoms with E-state index in [1.807, 2.05) is 18.3 Å². The number of guanidine groups is 1. The van der Waals surface area contributed by atoms with Crippen LogP contribution >= 0.6 is 11.3 Å². The van der Waals surface area contributed by atoms with Gasteiger partial charge in [0.25, 0.3) is 0 Å². The van der Waals surface area contributed by atoms with E-state index < -0.39 is 0 Å². The Balaban J connectivity index is 1.96. The van der Waals surface area contributed by atoms with Crippen LogP contribution in [-0.4, -0.2) is 10.9 Å². The van der Waals surface area contributed by atoms with Crippen LogP contribution in [0.1, 0.15) is 29.3 Å².